The van der Waals surface area contributed by atoms with Crippen LogP contribution in [0.4, 0.5) is 0 Å². The molecule has 0 aliphatic rings. The predicted octanol–water partition coefficient (Wildman–Crippen LogP) is 2.78. The van der Waals surface area contributed by atoms with Gasteiger partial charge >= 0.3 is 0 Å². The first-order valence-corrected chi connectivity index (χ1v) is 3.48. The molecule has 0 aliphatic heterocycles. The van der Waals surface area contributed by atoms with E-state index in [9.17, 15) is 0 Å². The average molecular weight is 134 g/mol. The van der Waals surface area contributed by atoms with Crippen molar-refractivity contribution in [1.82, 2.24) is 0 Å². The molecule has 0 spiro atoms. The average Bonchev–Trinajstić information content (AvgIpc) is 1.99. The normalized spacial score (nSPS) is 15.2. The Morgan fingerprint density at radius 1 is 1.60 bits per heavy atom. The molecule has 0 aromatic heterocycles. The third kappa shape index (κ3) is 3.97. The van der Waals surface area contributed by atoms with Gasteiger partial charge in [0.2, 0.25) is 0 Å². The van der Waals surface area contributed by atoms with Gasteiger partial charge in [-0.05, 0) is 20.8 Å². The van der Waals surface area contributed by atoms with Crippen molar-refractivity contribution in [2.45, 2.75) is 20.8 Å². The van der Waals surface area contributed by atoms with E-state index in [2.05, 4.69) is 18.9 Å². The van der Waals surface area contributed by atoms with Gasteiger partial charge in [-0.25, -0.2) is 0 Å². The molecule has 0 aromatic carbocycles. The Morgan fingerprint density at radius 3 is 2.60 bits per heavy atom. The zero-order valence-corrected chi connectivity index (χ0v) is 6.89. The van der Waals surface area contributed by atoms with Gasteiger partial charge in [-0.1, -0.05) is 29.7 Å². The highest BCUT2D eigenvalue weighted by molar-refractivity contribution is 5.17. The van der Waals surface area contributed by atoms with Crippen molar-refractivity contribution in [3.05, 3.63) is 23.8 Å². The fourth-order valence-corrected chi connectivity index (χ4v) is 0.448. The SMILES string of the molecule is C#CC(C)/C=C\C(C)=C/C. The molecular weight excluding hydrogens is 120 g/mol. The molecule has 0 nitrogen and oxygen atoms in total. The number of hydrogen-bond donors (Lipinski definition) is 0. The molecule has 0 heteroatoms. The van der Waals surface area contributed by atoms with E-state index in [4.69, 9.17) is 6.42 Å². The van der Waals surface area contributed by atoms with Crippen LogP contribution < -0.4 is 0 Å². The highest BCUT2D eigenvalue weighted by Gasteiger charge is 1.85. The lowest BCUT2D eigenvalue weighted by atomic mass is 10.1. The van der Waals surface area contributed by atoms with Crippen LogP contribution in [-0.4, -0.2) is 0 Å². The van der Waals surface area contributed by atoms with Crippen molar-refractivity contribution in [3.8, 4) is 12.3 Å². The summed E-state index contributed by atoms with van der Waals surface area (Å²) in [6.45, 7) is 6.07. The third-order valence-electron chi connectivity index (χ3n) is 1.37. The van der Waals surface area contributed by atoms with Crippen molar-refractivity contribution in [3.63, 3.8) is 0 Å². The molecule has 1 atom stereocenters. The van der Waals surface area contributed by atoms with Crippen LogP contribution >= 0.6 is 0 Å². The van der Waals surface area contributed by atoms with Crippen molar-refractivity contribution in [2.75, 3.05) is 0 Å². The van der Waals surface area contributed by atoms with Crippen LogP contribution in [0.2, 0.25) is 0 Å². The van der Waals surface area contributed by atoms with Crippen molar-refractivity contribution < 1.29 is 0 Å². The largest absolute Gasteiger partial charge is 0.119 e. The van der Waals surface area contributed by atoms with Gasteiger partial charge in [0.15, 0.2) is 0 Å². The highest BCUT2D eigenvalue weighted by atomic mass is 13.9. The van der Waals surface area contributed by atoms with E-state index >= 15 is 0 Å². The summed E-state index contributed by atoms with van der Waals surface area (Å²) in [5.41, 5.74) is 1.25. The maximum atomic E-state index is 5.18. The Bertz CT molecular complexity index is 177. The quantitative estimate of drug-likeness (QED) is 0.402. The summed E-state index contributed by atoms with van der Waals surface area (Å²) >= 11 is 0. The number of hydrogen-bond acceptors (Lipinski definition) is 0. The first-order chi connectivity index (χ1) is 4.70. The van der Waals surface area contributed by atoms with Gasteiger partial charge in [-0.15, -0.1) is 6.42 Å². The fraction of sp³-hybridized carbons (Fsp3) is 0.400. The standard InChI is InChI=1S/C10H14/c1-5-9(3)7-8-10(4)6-2/h1,6-9H,2-4H3/b8-7-,10-6-. The van der Waals surface area contributed by atoms with Crippen molar-refractivity contribution >= 4 is 0 Å². The molecule has 54 valence electrons. The van der Waals surface area contributed by atoms with Gasteiger partial charge in [-0.3, -0.25) is 0 Å². The maximum Gasteiger partial charge on any atom is 0.0354 e. The van der Waals surface area contributed by atoms with Crippen LogP contribution in [0.3, 0.4) is 0 Å². The molecule has 10 heavy (non-hydrogen) atoms. The fourth-order valence-electron chi connectivity index (χ4n) is 0.448. The number of rotatable bonds is 2. The summed E-state index contributed by atoms with van der Waals surface area (Å²) in [7, 11) is 0. The molecule has 0 aromatic rings. The summed E-state index contributed by atoms with van der Waals surface area (Å²) in [5.74, 6) is 2.88. The first kappa shape index (κ1) is 9.04. The molecule has 1 unspecified atom stereocenters. The molecule has 0 rings (SSSR count). The molecular formula is C10H14. The second-order valence-corrected chi connectivity index (χ2v) is 2.35. The highest BCUT2D eigenvalue weighted by Crippen LogP contribution is 1.99. The zero-order chi connectivity index (χ0) is 7.98. The van der Waals surface area contributed by atoms with E-state index in [0.29, 0.717) is 0 Å². The van der Waals surface area contributed by atoms with Crippen LogP contribution in [0.15, 0.2) is 23.8 Å². The van der Waals surface area contributed by atoms with Crippen molar-refractivity contribution in [2.24, 2.45) is 5.92 Å². The summed E-state index contributed by atoms with van der Waals surface area (Å²) in [5, 5.41) is 0. The van der Waals surface area contributed by atoms with Crippen LogP contribution in [0.5, 0.6) is 0 Å². The van der Waals surface area contributed by atoms with Crippen molar-refractivity contribution in [1.29, 1.82) is 0 Å². The monoisotopic (exact) mass is 134 g/mol. The van der Waals surface area contributed by atoms with Crippen LogP contribution in [0.25, 0.3) is 0 Å². The number of terminal acetylenes is 1. The molecule has 0 amide bonds. The Morgan fingerprint density at radius 2 is 2.20 bits per heavy atom. The Balaban J connectivity index is 3.90. The van der Waals surface area contributed by atoms with E-state index in [1.165, 1.54) is 5.57 Å². The molecule has 0 heterocycles. The van der Waals surface area contributed by atoms with E-state index in [-0.39, 0.29) is 5.92 Å². The minimum absolute atomic E-state index is 0.245. The Kier molecular flexibility index (Phi) is 4.41. The number of allylic oxidation sites excluding steroid dienone is 4. The molecule has 0 bridgehead atoms. The second kappa shape index (κ2) is 4.88. The van der Waals surface area contributed by atoms with Gasteiger partial charge in [0.25, 0.3) is 0 Å². The maximum absolute atomic E-state index is 5.18. The van der Waals surface area contributed by atoms with Crippen LogP contribution in [-0.2, 0) is 0 Å². The molecule has 0 saturated heterocycles. The third-order valence-corrected chi connectivity index (χ3v) is 1.37. The van der Waals surface area contributed by atoms with Crippen LogP contribution in [0, 0.1) is 18.3 Å². The summed E-state index contributed by atoms with van der Waals surface area (Å²) in [6, 6.07) is 0. The zero-order valence-electron chi connectivity index (χ0n) is 6.89. The Hall–Kier alpha value is -0.960. The molecule has 0 N–H and O–H groups in total. The lowest BCUT2D eigenvalue weighted by molar-refractivity contribution is 0.980. The van der Waals surface area contributed by atoms with E-state index in [1.54, 1.807) is 0 Å². The molecule has 0 aliphatic carbocycles. The molecule has 0 radical (unpaired) electrons. The van der Waals surface area contributed by atoms with E-state index < -0.39 is 0 Å². The van der Waals surface area contributed by atoms with Gasteiger partial charge in [0.1, 0.15) is 0 Å². The van der Waals surface area contributed by atoms with E-state index in [1.807, 2.05) is 26.0 Å². The van der Waals surface area contributed by atoms with Crippen LogP contribution in [0.1, 0.15) is 20.8 Å². The summed E-state index contributed by atoms with van der Waals surface area (Å²) in [6.07, 6.45) is 11.3. The minimum atomic E-state index is 0.245. The summed E-state index contributed by atoms with van der Waals surface area (Å²) < 4.78 is 0. The van der Waals surface area contributed by atoms with Gasteiger partial charge < -0.3 is 0 Å². The second-order valence-electron chi connectivity index (χ2n) is 2.35. The molecule has 0 saturated carbocycles. The Labute approximate surface area is 63.6 Å². The van der Waals surface area contributed by atoms with E-state index in [0.717, 1.165) is 0 Å². The van der Waals surface area contributed by atoms with Gasteiger partial charge in [-0.2, -0.15) is 0 Å². The smallest absolute Gasteiger partial charge is 0.0354 e. The lowest BCUT2D eigenvalue weighted by Crippen LogP contribution is -1.80. The molecule has 0 fully saturated rings. The predicted molar refractivity (Wildman–Crippen MR) is 46.6 cm³/mol. The summed E-state index contributed by atoms with van der Waals surface area (Å²) in [4.78, 5) is 0. The topological polar surface area (TPSA) is 0 Å². The van der Waals surface area contributed by atoms with Gasteiger partial charge in [0.05, 0.1) is 0 Å². The lowest BCUT2D eigenvalue weighted by Gasteiger charge is -1.92. The minimum Gasteiger partial charge on any atom is -0.119 e. The first-order valence-electron chi connectivity index (χ1n) is 3.48. The van der Waals surface area contributed by atoms with Gasteiger partial charge in [0, 0.05) is 5.92 Å².